The number of hydrogen-bond donors (Lipinski definition) is 1. The smallest absolute Gasteiger partial charge is 0.226 e. The molecule has 1 amide bonds. The molecule has 1 aromatic carbocycles. The first kappa shape index (κ1) is 18.1. The molecule has 1 aliphatic heterocycles. The van der Waals surface area contributed by atoms with Gasteiger partial charge in [0.2, 0.25) is 5.91 Å². The van der Waals surface area contributed by atoms with Crippen LogP contribution in [0.3, 0.4) is 0 Å². The number of halogens is 3. The Morgan fingerprint density at radius 3 is 2.83 bits per heavy atom. The molecular weight excluding hydrogens is 322 g/mol. The molecule has 1 N–H and O–H groups in total. The molecule has 1 saturated carbocycles. The Kier molecular flexibility index (Phi) is 5.98. The van der Waals surface area contributed by atoms with Crippen molar-refractivity contribution in [1.29, 1.82) is 0 Å². The number of nitrogens with one attached hydrogen (secondary N) is 1. The van der Waals surface area contributed by atoms with Crippen molar-refractivity contribution < 1.29 is 13.6 Å². The van der Waals surface area contributed by atoms with Gasteiger partial charge in [-0.3, -0.25) is 4.79 Å². The zero-order valence-electron chi connectivity index (χ0n) is 13.2. The van der Waals surface area contributed by atoms with Gasteiger partial charge in [-0.15, -0.1) is 12.4 Å². The Labute approximate surface area is 141 Å². The molecule has 3 nitrogen and oxygen atoms in total. The minimum atomic E-state index is -0.835. The van der Waals surface area contributed by atoms with Gasteiger partial charge in [0, 0.05) is 19.0 Å². The highest BCUT2D eigenvalue weighted by molar-refractivity contribution is 5.85. The largest absolute Gasteiger partial charge is 0.342 e. The Hall–Kier alpha value is -1.20. The zero-order chi connectivity index (χ0) is 15.7. The van der Waals surface area contributed by atoms with Crippen LogP contribution < -0.4 is 5.32 Å². The standard InChI is InChI=1S/C17H22F2N2O.ClH/c1-20-9-11-3-2-6-21(10-11)17(22)14-8-13(14)12-4-5-15(18)16(19)7-12;/h4-5,7,11,13-14,20H,2-3,6,8-10H2,1H3;1H. The summed E-state index contributed by atoms with van der Waals surface area (Å²) in [5, 5.41) is 3.17. The minimum absolute atomic E-state index is 0. The van der Waals surface area contributed by atoms with E-state index in [1.807, 2.05) is 11.9 Å². The normalized spacial score (nSPS) is 26.6. The lowest BCUT2D eigenvalue weighted by molar-refractivity contribution is -0.134. The predicted molar refractivity (Wildman–Crippen MR) is 87.7 cm³/mol. The highest BCUT2D eigenvalue weighted by atomic mass is 35.5. The molecule has 2 aliphatic rings. The van der Waals surface area contributed by atoms with Crippen molar-refractivity contribution in [1.82, 2.24) is 10.2 Å². The third-order valence-corrected chi connectivity index (χ3v) is 4.80. The number of likely N-dealkylation sites (tertiary alicyclic amines) is 1. The number of amides is 1. The van der Waals surface area contributed by atoms with Crippen LogP contribution in [0, 0.1) is 23.5 Å². The minimum Gasteiger partial charge on any atom is -0.342 e. The van der Waals surface area contributed by atoms with Gasteiger partial charge in [-0.05, 0) is 62.4 Å². The van der Waals surface area contributed by atoms with Crippen LogP contribution in [0.25, 0.3) is 0 Å². The first-order valence-electron chi connectivity index (χ1n) is 7.98. The van der Waals surface area contributed by atoms with Crippen LogP contribution in [0.2, 0.25) is 0 Å². The summed E-state index contributed by atoms with van der Waals surface area (Å²) in [5.74, 6) is -0.981. The summed E-state index contributed by atoms with van der Waals surface area (Å²) in [5.41, 5.74) is 0.737. The van der Waals surface area contributed by atoms with Crippen molar-refractivity contribution in [2.75, 3.05) is 26.7 Å². The van der Waals surface area contributed by atoms with Crippen LogP contribution in [0.1, 0.15) is 30.7 Å². The van der Waals surface area contributed by atoms with Crippen LogP contribution in [0.15, 0.2) is 18.2 Å². The lowest BCUT2D eigenvalue weighted by Crippen LogP contribution is -2.43. The van der Waals surface area contributed by atoms with E-state index in [2.05, 4.69) is 5.32 Å². The van der Waals surface area contributed by atoms with Crippen molar-refractivity contribution >= 4 is 18.3 Å². The van der Waals surface area contributed by atoms with Gasteiger partial charge in [0.05, 0.1) is 0 Å². The molecule has 1 aromatic rings. The molecule has 1 aliphatic carbocycles. The second kappa shape index (κ2) is 7.58. The quantitative estimate of drug-likeness (QED) is 0.910. The van der Waals surface area contributed by atoms with Crippen LogP contribution in [0.5, 0.6) is 0 Å². The van der Waals surface area contributed by atoms with Gasteiger partial charge in [0.25, 0.3) is 0 Å². The van der Waals surface area contributed by atoms with Crippen molar-refractivity contribution in [3.8, 4) is 0 Å². The molecular formula is C17H23ClF2N2O. The van der Waals surface area contributed by atoms with E-state index in [1.165, 1.54) is 6.07 Å². The predicted octanol–water partition coefficient (Wildman–Crippen LogP) is 2.95. The van der Waals surface area contributed by atoms with Crippen molar-refractivity contribution in [2.45, 2.75) is 25.2 Å². The van der Waals surface area contributed by atoms with Crippen LogP contribution >= 0.6 is 12.4 Å². The number of rotatable bonds is 4. The molecule has 128 valence electrons. The Balaban J connectivity index is 0.00000192. The van der Waals surface area contributed by atoms with Crippen molar-refractivity contribution in [3.63, 3.8) is 0 Å². The summed E-state index contributed by atoms with van der Waals surface area (Å²) in [6, 6.07) is 3.97. The highest BCUT2D eigenvalue weighted by Gasteiger charge is 2.46. The summed E-state index contributed by atoms with van der Waals surface area (Å²) in [4.78, 5) is 14.5. The molecule has 3 unspecified atom stereocenters. The second-order valence-electron chi connectivity index (χ2n) is 6.47. The average molecular weight is 345 g/mol. The molecule has 3 atom stereocenters. The number of carbonyl (C=O) groups excluding carboxylic acids is 1. The Morgan fingerprint density at radius 2 is 2.13 bits per heavy atom. The van der Waals surface area contributed by atoms with E-state index in [0.717, 1.165) is 50.5 Å². The number of piperidine rings is 1. The maximum atomic E-state index is 13.3. The van der Waals surface area contributed by atoms with Gasteiger partial charge in [0.15, 0.2) is 11.6 Å². The Morgan fingerprint density at radius 1 is 1.35 bits per heavy atom. The van der Waals surface area contributed by atoms with Gasteiger partial charge in [-0.1, -0.05) is 6.07 Å². The van der Waals surface area contributed by atoms with Crippen LogP contribution in [-0.2, 0) is 4.79 Å². The summed E-state index contributed by atoms with van der Waals surface area (Å²) >= 11 is 0. The average Bonchev–Trinajstić information content (AvgIpc) is 3.30. The molecule has 3 rings (SSSR count). The summed E-state index contributed by atoms with van der Waals surface area (Å²) in [7, 11) is 1.93. The third-order valence-electron chi connectivity index (χ3n) is 4.80. The first-order chi connectivity index (χ1) is 10.6. The second-order valence-corrected chi connectivity index (χ2v) is 6.47. The monoisotopic (exact) mass is 344 g/mol. The Bertz CT molecular complexity index is 568. The highest BCUT2D eigenvalue weighted by Crippen LogP contribution is 2.49. The lowest BCUT2D eigenvalue weighted by atomic mass is 9.97. The zero-order valence-corrected chi connectivity index (χ0v) is 14.0. The third kappa shape index (κ3) is 4.01. The van der Waals surface area contributed by atoms with E-state index >= 15 is 0 Å². The van der Waals surface area contributed by atoms with Crippen LogP contribution in [-0.4, -0.2) is 37.5 Å². The number of benzene rings is 1. The summed E-state index contributed by atoms with van der Waals surface area (Å²) < 4.78 is 26.3. The molecule has 23 heavy (non-hydrogen) atoms. The maximum absolute atomic E-state index is 13.3. The van der Waals surface area contributed by atoms with Gasteiger partial charge < -0.3 is 10.2 Å². The van der Waals surface area contributed by atoms with E-state index < -0.39 is 11.6 Å². The molecule has 2 fully saturated rings. The number of nitrogens with zero attached hydrogens (tertiary/aromatic N) is 1. The van der Waals surface area contributed by atoms with E-state index in [9.17, 15) is 13.6 Å². The van der Waals surface area contributed by atoms with Gasteiger partial charge in [-0.2, -0.15) is 0 Å². The van der Waals surface area contributed by atoms with E-state index in [1.54, 1.807) is 6.07 Å². The molecule has 0 bridgehead atoms. The van der Waals surface area contributed by atoms with Gasteiger partial charge in [-0.25, -0.2) is 8.78 Å². The molecule has 0 radical (unpaired) electrons. The molecule has 0 aromatic heterocycles. The van der Waals surface area contributed by atoms with E-state index in [-0.39, 0.29) is 30.2 Å². The summed E-state index contributed by atoms with van der Waals surface area (Å²) in [6.45, 7) is 2.56. The van der Waals surface area contributed by atoms with E-state index in [4.69, 9.17) is 0 Å². The van der Waals surface area contributed by atoms with Crippen molar-refractivity contribution in [3.05, 3.63) is 35.4 Å². The molecule has 1 heterocycles. The molecule has 6 heteroatoms. The summed E-state index contributed by atoms with van der Waals surface area (Å²) in [6.07, 6.45) is 2.94. The topological polar surface area (TPSA) is 32.3 Å². The number of hydrogen-bond acceptors (Lipinski definition) is 2. The SMILES string of the molecule is CNCC1CCCN(C(=O)C2CC2c2ccc(F)c(F)c2)C1.Cl. The molecule has 0 spiro atoms. The fourth-order valence-corrected chi connectivity index (χ4v) is 3.53. The number of carbonyl (C=O) groups is 1. The fraction of sp³-hybridized carbons (Fsp3) is 0.588. The van der Waals surface area contributed by atoms with E-state index in [0.29, 0.717) is 5.92 Å². The van der Waals surface area contributed by atoms with Gasteiger partial charge in [0.1, 0.15) is 0 Å². The lowest BCUT2D eigenvalue weighted by Gasteiger charge is -2.33. The van der Waals surface area contributed by atoms with Crippen LogP contribution in [0.4, 0.5) is 8.78 Å². The molecule has 1 saturated heterocycles. The fourth-order valence-electron chi connectivity index (χ4n) is 3.53. The maximum Gasteiger partial charge on any atom is 0.226 e. The van der Waals surface area contributed by atoms with Gasteiger partial charge >= 0.3 is 0 Å². The van der Waals surface area contributed by atoms with Crippen molar-refractivity contribution in [2.24, 2.45) is 11.8 Å². The first-order valence-corrected chi connectivity index (χ1v) is 7.98.